The van der Waals surface area contributed by atoms with Gasteiger partial charge in [-0.25, -0.2) is 0 Å². The van der Waals surface area contributed by atoms with Gasteiger partial charge in [0.25, 0.3) is 0 Å². The van der Waals surface area contributed by atoms with Gasteiger partial charge in [0.1, 0.15) is 5.69 Å². The van der Waals surface area contributed by atoms with Crippen LogP contribution in [0, 0.1) is 0 Å². The lowest BCUT2D eigenvalue weighted by atomic mass is 10.1. The third-order valence-corrected chi connectivity index (χ3v) is 2.60. The van der Waals surface area contributed by atoms with Crippen LogP contribution in [0.4, 0.5) is 13.2 Å². The van der Waals surface area contributed by atoms with Gasteiger partial charge < -0.3 is 0 Å². The normalized spacial score (nSPS) is 17.1. The molecule has 1 aromatic heterocycles. The van der Waals surface area contributed by atoms with Crippen LogP contribution < -0.4 is 0 Å². The van der Waals surface area contributed by atoms with Crippen LogP contribution in [0.1, 0.15) is 30.0 Å². The first-order valence-electron chi connectivity index (χ1n) is 4.21. The smallest absolute Gasteiger partial charge is 0.250 e. The third-order valence-electron chi connectivity index (χ3n) is 2.17. The van der Waals surface area contributed by atoms with Crippen LogP contribution in [0.5, 0.6) is 0 Å². The number of hydrogen-bond donors (Lipinski definition) is 0. The van der Waals surface area contributed by atoms with E-state index in [0.29, 0.717) is 10.0 Å². The summed E-state index contributed by atoms with van der Waals surface area (Å²) in [5, 5.41) is 0. The van der Waals surface area contributed by atoms with E-state index in [9.17, 15) is 13.2 Å². The largest absolute Gasteiger partial charge is 0.433 e. The highest BCUT2D eigenvalue weighted by atomic mass is 79.9. The van der Waals surface area contributed by atoms with Crippen molar-refractivity contribution in [2.45, 2.75) is 24.9 Å². The highest BCUT2D eigenvalue weighted by Crippen LogP contribution is 2.45. The molecule has 0 saturated heterocycles. The van der Waals surface area contributed by atoms with E-state index < -0.39 is 11.9 Å². The summed E-state index contributed by atoms with van der Waals surface area (Å²) in [4.78, 5) is 3.44. The molecule has 5 heteroatoms. The lowest BCUT2D eigenvalue weighted by Gasteiger charge is -2.10. The van der Waals surface area contributed by atoms with E-state index in [1.54, 1.807) is 0 Å². The van der Waals surface area contributed by atoms with E-state index in [-0.39, 0.29) is 5.92 Å². The maximum atomic E-state index is 12.5. The molecule has 0 spiro atoms. The number of halogens is 4. The van der Waals surface area contributed by atoms with E-state index >= 15 is 0 Å². The van der Waals surface area contributed by atoms with E-state index in [2.05, 4.69) is 20.9 Å². The zero-order chi connectivity index (χ0) is 10.3. The second-order valence-corrected chi connectivity index (χ2v) is 4.28. The van der Waals surface area contributed by atoms with Crippen LogP contribution in [-0.4, -0.2) is 4.98 Å². The molecule has 0 N–H and O–H groups in total. The molecule has 0 amide bonds. The first-order valence-corrected chi connectivity index (χ1v) is 5.00. The second-order valence-electron chi connectivity index (χ2n) is 3.36. The standard InChI is InChI=1S/C9H7BrF3N/c10-6-3-7(5-1-2-5)8(14-4-6)9(11,12)13/h3-5H,1-2H2. The van der Waals surface area contributed by atoms with Gasteiger partial charge in [-0.2, -0.15) is 13.2 Å². The summed E-state index contributed by atoms with van der Waals surface area (Å²) in [5.74, 6) is 0.0524. The summed E-state index contributed by atoms with van der Waals surface area (Å²) < 4.78 is 38.1. The lowest BCUT2D eigenvalue weighted by molar-refractivity contribution is -0.141. The quantitative estimate of drug-likeness (QED) is 0.754. The monoisotopic (exact) mass is 265 g/mol. The highest BCUT2D eigenvalue weighted by Gasteiger charge is 2.39. The van der Waals surface area contributed by atoms with Crippen molar-refractivity contribution >= 4 is 15.9 Å². The molecule has 1 aromatic rings. The minimum absolute atomic E-state index is 0.0524. The number of rotatable bonds is 1. The molecule has 14 heavy (non-hydrogen) atoms. The summed E-state index contributed by atoms with van der Waals surface area (Å²) >= 11 is 3.13. The average molecular weight is 266 g/mol. The number of alkyl halides is 3. The summed E-state index contributed by atoms with van der Waals surface area (Å²) in [7, 11) is 0. The van der Waals surface area contributed by atoms with Crippen molar-refractivity contribution in [1.29, 1.82) is 0 Å². The molecule has 0 atom stereocenters. The minimum Gasteiger partial charge on any atom is -0.250 e. The molecule has 0 radical (unpaired) electrons. The maximum Gasteiger partial charge on any atom is 0.433 e. The molecular formula is C9H7BrF3N. The van der Waals surface area contributed by atoms with Crippen LogP contribution in [0.25, 0.3) is 0 Å². The molecular weight excluding hydrogens is 259 g/mol. The van der Waals surface area contributed by atoms with Gasteiger partial charge in [0.05, 0.1) is 0 Å². The molecule has 0 aliphatic heterocycles. The van der Waals surface area contributed by atoms with Crippen LogP contribution in [0.2, 0.25) is 0 Å². The first-order chi connectivity index (χ1) is 6.48. The van der Waals surface area contributed by atoms with Gasteiger partial charge in [-0.3, -0.25) is 4.98 Å². The molecule has 1 aliphatic carbocycles. The van der Waals surface area contributed by atoms with Gasteiger partial charge in [0, 0.05) is 10.7 Å². The zero-order valence-corrected chi connectivity index (χ0v) is 8.69. The van der Waals surface area contributed by atoms with Crippen molar-refractivity contribution in [1.82, 2.24) is 4.98 Å². The van der Waals surface area contributed by atoms with E-state index in [4.69, 9.17) is 0 Å². The predicted octanol–water partition coefficient (Wildman–Crippen LogP) is 3.74. The maximum absolute atomic E-state index is 12.5. The van der Waals surface area contributed by atoms with Gasteiger partial charge in [0.15, 0.2) is 0 Å². The Kier molecular flexibility index (Phi) is 2.29. The Labute approximate surface area is 87.5 Å². The molecule has 1 saturated carbocycles. The van der Waals surface area contributed by atoms with E-state index in [0.717, 1.165) is 12.8 Å². The first kappa shape index (κ1) is 9.96. The Balaban J connectivity index is 2.47. The topological polar surface area (TPSA) is 12.9 Å². The van der Waals surface area contributed by atoms with Crippen molar-refractivity contribution in [3.05, 3.63) is 28.0 Å². The van der Waals surface area contributed by atoms with Crippen molar-refractivity contribution < 1.29 is 13.2 Å². The average Bonchev–Trinajstić information content (AvgIpc) is 2.83. The van der Waals surface area contributed by atoms with Gasteiger partial charge in [-0.05, 0) is 46.3 Å². The summed E-state index contributed by atoms with van der Waals surface area (Å²) in [5.41, 5.74) is -0.407. The van der Waals surface area contributed by atoms with Crippen LogP contribution in [0.3, 0.4) is 0 Å². The van der Waals surface area contributed by atoms with Gasteiger partial charge in [-0.1, -0.05) is 0 Å². The molecule has 1 heterocycles. The SMILES string of the molecule is FC(F)(F)c1ncc(Br)cc1C1CC1. The van der Waals surface area contributed by atoms with Gasteiger partial charge in [-0.15, -0.1) is 0 Å². The van der Waals surface area contributed by atoms with Gasteiger partial charge >= 0.3 is 6.18 Å². The van der Waals surface area contributed by atoms with Crippen LogP contribution in [0.15, 0.2) is 16.7 Å². The number of nitrogens with zero attached hydrogens (tertiary/aromatic N) is 1. The number of pyridine rings is 1. The van der Waals surface area contributed by atoms with E-state index in [1.165, 1.54) is 12.3 Å². The third kappa shape index (κ3) is 1.92. The van der Waals surface area contributed by atoms with Crippen molar-refractivity contribution in [3.63, 3.8) is 0 Å². The second kappa shape index (κ2) is 3.22. The van der Waals surface area contributed by atoms with Crippen molar-refractivity contribution in [3.8, 4) is 0 Å². The fourth-order valence-electron chi connectivity index (χ4n) is 1.40. The Bertz CT molecular complexity index is 358. The predicted molar refractivity (Wildman–Crippen MR) is 48.9 cm³/mol. The van der Waals surface area contributed by atoms with E-state index in [1.807, 2.05) is 0 Å². The fourth-order valence-corrected chi connectivity index (χ4v) is 1.75. The highest BCUT2D eigenvalue weighted by molar-refractivity contribution is 9.10. The van der Waals surface area contributed by atoms with Crippen molar-refractivity contribution in [2.75, 3.05) is 0 Å². The Morgan fingerprint density at radius 1 is 1.36 bits per heavy atom. The summed E-state index contributed by atoms with van der Waals surface area (Å²) in [6.07, 6.45) is -1.48. The lowest BCUT2D eigenvalue weighted by Crippen LogP contribution is -2.11. The molecule has 0 bridgehead atoms. The van der Waals surface area contributed by atoms with Crippen molar-refractivity contribution in [2.24, 2.45) is 0 Å². The molecule has 76 valence electrons. The van der Waals surface area contributed by atoms with Gasteiger partial charge in [0.2, 0.25) is 0 Å². The van der Waals surface area contributed by atoms with Crippen LogP contribution >= 0.6 is 15.9 Å². The molecule has 1 aliphatic rings. The Hall–Kier alpha value is -0.580. The molecule has 1 fully saturated rings. The zero-order valence-electron chi connectivity index (χ0n) is 7.11. The molecule has 0 aromatic carbocycles. The van der Waals surface area contributed by atoms with Crippen LogP contribution in [-0.2, 0) is 6.18 Å². The molecule has 2 rings (SSSR count). The molecule has 0 unspecified atom stereocenters. The minimum atomic E-state index is -4.33. The number of aromatic nitrogens is 1. The fraction of sp³-hybridized carbons (Fsp3) is 0.444. The summed E-state index contributed by atoms with van der Waals surface area (Å²) in [6.45, 7) is 0. The molecule has 1 nitrogen and oxygen atoms in total. The Morgan fingerprint density at radius 3 is 2.50 bits per heavy atom. The number of hydrogen-bond acceptors (Lipinski definition) is 1. The summed E-state index contributed by atoms with van der Waals surface area (Å²) in [6, 6.07) is 1.52. The Morgan fingerprint density at radius 2 is 2.00 bits per heavy atom.